The highest BCUT2D eigenvalue weighted by molar-refractivity contribution is 5.94. The molecule has 2 saturated heterocycles. The third-order valence-corrected chi connectivity index (χ3v) is 12.4. The number of ether oxygens (including phenoxy) is 2. The topological polar surface area (TPSA) is 155 Å². The van der Waals surface area contributed by atoms with Crippen LogP contribution in [0.15, 0.2) is 47.3 Å². The molecule has 2 aliphatic carbocycles. The number of nitrogens with zero attached hydrogens (tertiary/aromatic N) is 7. The maximum Gasteiger partial charge on any atom is 0.363 e. The molecule has 3 aliphatic heterocycles. The molecule has 1 aromatic heterocycles. The van der Waals surface area contributed by atoms with Gasteiger partial charge in [0.1, 0.15) is 0 Å². The van der Waals surface area contributed by atoms with Gasteiger partial charge in [0.25, 0.3) is 0 Å². The molecule has 14 nitrogen and oxygen atoms in total. The van der Waals surface area contributed by atoms with E-state index in [9.17, 15) is 24.6 Å². The second kappa shape index (κ2) is 14.0. The number of tetrazole rings is 1. The van der Waals surface area contributed by atoms with Crippen molar-refractivity contribution >= 4 is 17.4 Å². The zero-order valence-corrected chi connectivity index (χ0v) is 30.7. The van der Waals surface area contributed by atoms with Crippen LogP contribution in [0, 0.1) is 0 Å². The lowest BCUT2D eigenvalue weighted by Gasteiger charge is -2.61. The van der Waals surface area contributed by atoms with Gasteiger partial charge in [-0.15, -0.1) is 0 Å². The van der Waals surface area contributed by atoms with Crippen molar-refractivity contribution in [1.29, 1.82) is 0 Å². The zero-order valence-electron chi connectivity index (χ0n) is 30.7. The first-order chi connectivity index (χ1) is 25.0. The molecule has 5 aliphatic rings. The van der Waals surface area contributed by atoms with Gasteiger partial charge in [-0.3, -0.25) is 9.59 Å². The molecule has 4 heterocycles. The van der Waals surface area contributed by atoms with Crippen LogP contribution in [0.25, 0.3) is 0 Å². The van der Waals surface area contributed by atoms with Gasteiger partial charge in [0.2, 0.25) is 5.91 Å². The van der Waals surface area contributed by atoms with Gasteiger partial charge in [-0.1, -0.05) is 31.2 Å². The fraction of sp³-hybridized carbons (Fsp3) is 0.605. The number of phenols is 1. The average molecular weight is 718 g/mol. The van der Waals surface area contributed by atoms with E-state index in [0.29, 0.717) is 51.1 Å². The van der Waals surface area contributed by atoms with Crippen molar-refractivity contribution in [1.82, 2.24) is 29.6 Å². The van der Waals surface area contributed by atoms with Gasteiger partial charge in [0.05, 0.1) is 29.7 Å². The van der Waals surface area contributed by atoms with Gasteiger partial charge < -0.3 is 34.4 Å². The van der Waals surface area contributed by atoms with Gasteiger partial charge in [0.15, 0.2) is 23.4 Å². The van der Waals surface area contributed by atoms with Crippen LogP contribution in [0.1, 0.15) is 63.5 Å². The van der Waals surface area contributed by atoms with Crippen molar-refractivity contribution < 1.29 is 29.3 Å². The number of aromatic nitrogens is 4. The Morgan fingerprint density at radius 2 is 1.73 bits per heavy atom. The molecule has 2 N–H and O–H groups in total. The van der Waals surface area contributed by atoms with E-state index < -0.39 is 17.1 Å². The van der Waals surface area contributed by atoms with Crippen molar-refractivity contribution in [2.24, 2.45) is 0 Å². The van der Waals surface area contributed by atoms with E-state index in [1.165, 1.54) is 9.36 Å². The molecule has 3 aromatic rings. The number of likely N-dealkylation sites (N-methyl/N-ethyl adjacent to an activating group) is 1. The van der Waals surface area contributed by atoms with Crippen LogP contribution in [0.5, 0.6) is 11.5 Å². The van der Waals surface area contributed by atoms with Crippen molar-refractivity contribution in [2.75, 3.05) is 51.8 Å². The summed E-state index contributed by atoms with van der Waals surface area (Å²) in [6, 6.07) is 13.4. The van der Waals surface area contributed by atoms with E-state index in [2.05, 4.69) is 20.2 Å². The Morgan fingerprint density at radius 3 is 2.40 bits per heavy atom. The summed E-state index contributed by atoms with van der Waals surface area (Å²) in [6.45, 7) is 8.47. The normalized spacial score (nSPS) is 27.3. The third kappa shape index (κ3) is 5.65. The summed E-state index contributed by atoms with van der Waals surface area (Å²) < 4.78 is 14.3. The number of phenolic OH excluding ortho intramolecular Hbond substituents is 1. The second-order valence-corrected chi connectivity index (χ2v) is 15.0. The molecule has 2 bridgehead atoms. The van der Waals surface area contributed by atoms with Crippen molar-refractivity contribution in [3.05, 3.63) is 64.1 Å². The molecule has 280 valence electrons. The predicted octanol–water partition coefficient (Wildman–Crippen LogP) is 2.13. The number of benzene rings is 2. The van der Waals surface area contributed by atoms with Crippen molar-refractivity contribution in [2.45, 2.75) is 101 Å². The molecule has 3 fully saturated rings. The van der Waals surface area contributed by atoms with Crippen LogP contribution in [-0.2, 0) is 39.3 Å². The lowest BCUT2D eigenvalue weighted by atomic mass is 9.49. The number of ketones is 1. The van der Waals surface area contributed by atoms with Crippen LogP contribution >= 0.6 is 0 Å². The average Bonchev–Trinajstić information content (AvgIpc) is 3.71. The summed E-state index contributed by atoms with van der Waals surface area (Å²) in [5, 5.41) is 29.7. The molecule has 0 radical (unpaired) electrons. The number of aromatic hydroxyl groups is 1. The van der Waals surface area contributed by atoms with Crippen molar-refractivity contribution in [3.63, 3.8) is 0 Å². The number of piperidine rings is 2. The van der Waals surface area contributed by atoms with Crippen LogP contribution in [0.4, 0.5) is 5.69 Å². The molecule has 52 heavy (non-hydrogen) atoms. The fourth-order valence-corrected chi connectivity index (χ4v) is 9.73. The number of anilines is 1. The number of methoxy groups -OCH3 is 1. The monoisotopic (exact) mass is 717 g/mol. The number of hydrogen-bond donors (Lipinski definition) is 2. The number of rotatable bonds is 9. The number of aryl methyl sites for hydroxylation is 1. The van der Waals surface area contributed by atoms with Crippen LogP contribution < -0.4 is 15.3 Å². The quantitative estimate of drug-likeness (QED) is 0.335. The first-order valence-electron chi connectivity index (χ1n) is 18.6. The van der Waals surface area contributed by atoms with E-state index in [-0.39, 0.29) is 34.7 Å². The van der Waals surface area contributed by atoms with Crippen LogP contribution in [0.3, 0.4) is 0 Å². The number of aliphatic hydroxyl groups is 1. The van der Waals surface area contributed by atoms with E-state index in [1.54, 1.807) is 13.2 Å². The highest BCUT2D eigenvalue weighted by atomic mass is 16.5. The summed E-state index contributed by atoms with van der Waals surface area (Å²) in [5.41, 5.74) is 0.737. The lowest BCUT2D eigenvalue weighted by molar-refractivity contribution is -0.185. The first-order valence-corrected chi connectivity index (χ1v) is 18.6. The number of Topliss-reactive ketones (excluding diaryl/α,β-unsaturated/α-hetero) is 1. The first kappa shape index (κ1) is 36.3. The summed E-state index contributed by atoms with van der Waals surface area (Å²) in [7, 11) is 3.74. The van der Waals surface area contributed by atoms with Gasteiger partial charge in [-0.2, -0.15) is 9.36 Å². The Bertz CT molecular complexity index is 1860. The van der Waals surface area contributed by atoms with Gasteiger partial charge >= 0.3 is 5.69 Å². The van der Waals surface area contributed by atoms with E-state index in [4.69, 9.17) is 9.47 Å². The minimum absolute atomic E-state index is 0.00319. The predicted molar refractivity (Wildman–Crippen MR) is 193 cm³/mol. The van der Waals surface area contributed by atoms with Gasteiger partial charge in [-0.25, -0.2) is 4.79 Å². The molecular weight excluding hydrogens is 666 g/mol. The highest BCUT2D eigenvalue weighted by Crippen LogP contribution is 2.64. The Labute approximate surface area is 303 Å². The maximum absolute atomic E-state index is 13.0. The number of carbonyl (C=O) groups is 2. The Hall–Kier alpha value is -4.11. The zero-order chi connectivity index (χ0) is 36.8. The fourth-order valence-electron chi connectivity index (χ4n) is 9.73. The Balaban J connectivity index is 0.000000168. The van der Waals surface area contributed by atoms with E-state index in [1.807, 2.05) is 62.2 Å². The number of hydrogen-bond acceptors (Lipinski definition) is 11. The second-order valence-electron chi connectivity index (χ2n) is 15.0. The Kier molecular flexibility index (Phi) is 9.78. The van der Waals surface area contributed by atoms with E-state index >= 15 is 0 Å². The van der Waals surface area contributed by atoms with Gasteiger partial charge in [0, 0.05) is 63.4 Å². The molecule has 1 spiro atoms. The lowest BCUT2D eigenvalue weighted by Crippen LogP contribution is -2.76. The van der Waals surface area contributed by atoms with Crippen molar-refractivity contribution in [3.8, 4) is 11.5 Å². The van der Waals surface area contributed by atoms with Crippen LogP contribution in [-0.4, -0.2) is 122 Å². The van der Waals surface area contributed by atoms with E-state index in [0.717, 1.165) is 62.3 Å². The molecule has 8 rings (SSSR count). The maximum atomic E-state index is 13.0. The summed E-state index contributed by atoms with van der Waals surface area (Å²) in [5.74, 6) is 0.667. The standard InChI is InChI=1S/C21H32N6O3.C17H19NO4/c1-4-19(28)27(18-9-7-6-8-10-18)21(17-30-3)11-13-24(14-12-21)15-16-26-20(29)25(5-2)22-23-26;1-18-7-6-16-13-9-2-3-10(19)14(13)22-15(16)11(20)4-5-17(16,21)12(18)8-9/h6-10H,4-5,11-17H2,1-3H3;2-3,12,15,19,21H,4-8H2,1H3/t;12-,15+,16+,17-/m.1/s1. The summed E-state index contributed by atoms with van der Waals surface area (Å²) in [6.07, 6.45) is 3.66. The SMILES string of the molecule is CCC(=O)N(c1ccccc1)C1(COC)CCN(CCn2nnn(CC)c2=O)CC1.CN1CC[C@]23c4c5ccc(O)c4O[C@H]2C(=O)CC[C@@]3(O)[C@H]1C5. The third-order valence-electron chi connectivity index (χ3n) is 12.4. The molecule has 14 heteroatoms. The molecule has 2 aromatic carbocycles. The van der Waals surface area contributed by atoms with Gasteiger partial charge in [-0.05, 0) is 86.8 Å². The minimum Gasteiger partial charge on any atom is -0.504 e. The largest absolute Gasteiger partial charge is 0.504 e. The summed E-state index contributed by atoms with van der Waals surface area (Å²) >= 11 is 0. The van der Waals surface area contributed by atoms with Crippen LogP contribution in [0.2, 0.25) is 0 Å². The minimum atomic E-state index is -0.954. The number of carbonyl (C=O) groups excluding carboxylic acids is 2. The smallest absolute Gasteiger partial charge is 0.363 e. The molecule has 4 atom stereocenters. The molecule has 0 unspecified atom stereocenters. The molecule has 1 amide bonds. The number of likely N-dealkylation sites (tertiary alicyclic amines) is 2. The molecule has 1 saturated carbocycles. The summed E-state index contributed by atoms with van der Waals surface area (Å²) in [4.78, 5) is 44.1. The Morgan fingerprint density at radius 1 is 1.00 bits per heavy atom. The highest BCUT2D eigenvalue weighted by Gasteiger charge is 2.72. The number of para-hydroxylation sites is 1. The number of amides is 1. The molecular formula is C38H51N7O7.